The minimum absolute atomic E-state index is 0.00762. The number of aromatic nitrogens is 2. The Morgan fingerprint density at radius 3 is 2.65 bits per heavy atom. The van der Waals surface area contributed by atoms with Crippen molar-refractivity contribution in [2.45, 2.75) is 33.7 Å². The predicted octanol–water partition coefficient (Wildman–Crippen LogP) is 5.40. The van der Waals surface area contributed by atoms with Gasteiger partial charge in [-0.05, 0) is 55.2 Å². The number of fused-ring (bicyclic) bond motifs is 1. The minimum Gasteiger partial charge on any atom is -0.494 e. The number of rotatable bonds is 6. The molecule has 0 bridgehead atoms. The van der Waals surface area contributed by atoms with Gasteiger partial charge in [-0.15, -0.1) is 0 Å². The normalized spacial score (nSPS) is 11.0. The second-order valence-corrected chi connectivity index (χ2v) is 8.68. The number of anilines is 1. The van der Waals surface area contributed by atoms with Gasteiger partial charge in [0.15, 0.2) is 5.13 Å². The highest BCUT2D eigenvalue weighted by Crippen LogP contribution is 2.37. The molecule has 0 unspecified atom stereocenters. The topological polar surface area (TPSA) is 55.3 Å². The highest BCUT2D eigenvalue weighted by Gasteiger charge is 2.23. The fourth-order valence-electron chi connectivity index (χ4n) is 3.56. The van der Waals surface area contributed by atoms with Gasteiger partial charge in [-0.25, -0.2) is 4.98 Å². The lowest BCUT2D eigenvalue weighted by molar-refractivity contribution is -0.118. The number of hydrogen-bond acceptors (Lipinski definition) is 5. The zero-order valence-corrected chi connectivity index (χ0v) is 19.0. The Balaban J connectivity index is 1.76. The van der Waals surface area contributed by atoms with Crippen molar-refractivity contribution >= 4 is 32.6 Å². The lowest BCUT2D eigenvalue weighted by Crippen LogP contribution is -2.32. The molecular weight excluding hydrogens is 406 g/mol. The van der Waals surface area contributed by atoms with E-state index in [0.717, 1.165) is 38.0 Å². The Morgan fingerprint density at radius 2 is 1.90 bits per heavy atom. The average Bonchev–Trinajstić information content (AvgIpc) is 3.21. The molecule has 31 heavy (non-hydrogen) atoms. The van der Waals surface area contributed by atoms with Crippen molar-refractivity contribution in [1.29, 1.82) is 0 Å². The standard InChI is InChI=1S/C25H25N3O2S/c1-16-7-8-17(2)20(12-16)13-22(29)28(15-19-6-5-11-26-14-19)25-27-23-21(30-4)10-9-18(3)24(23)31-25/h5-12,14H,13,15H2,1-4H3. The summed E-state index contributed by atoms with van der Waals surface area (Å²) >= 11 is 1.52. The smallest absolute Gasteiger partial charge is 0.233 e. The number of nitrogens with zero attached hydrogens (tertiary/aromatic N) is 3. The van der Waals surface area contributed by atoms with Gasteiger partial charge in [-0.1, -0.05) is 47.2 Å². The van der Waals surface area contributed by atoms with Crippen LogP contribution < -0.4 is 9.64 Å². The van der Waals surface area contributed by atoms with Gasteiger partial charge in [-0.2, -0.15) is 0 Å². The van der Waals surface area contributed by atoms with Gasteiger partial charge in [0.2, 0.25) is 5.91 Å². The molecule has 2 aromatic carbocycles. The Labute approximate surface area is 186 Å². The summed E-state index contributed by atoms with van der Waals surface area (Å²) in [6.45, 7) is 6.55. The number of thiazole rings is 1. The number of aryl methyl sites for hydroxylation is 3. The first kappa shape index (κ1) is 21.0. The quantitative estimate of drug-likeness (QED) is 0.410. The van der Waals surface area contributed by atoms with Crippen LogP contribution in [0.1, 0.15) is 27.8 Å². The van der Waals surface area contributed by atoms with Crippen LogP contribution in [0.15, 0.2) is 54.9 Å². The summed E-state index contributed by atoms with van der Waals surface area (Å²) in [4.78, 5) is 24.3. The number of amides is 1. The van der Waals surface area contributed by atoms with Crippen molar-refractivity contribution in [2.24, 2.45) is 0 Å². The van der Waals surface area contributed by atoms with Gasteiger partial charge in [0, 0.05) is 12.4 Å². The van der Waals surface area contributed by atoms with Gasteiger partial charge in [0.1, 0.15) is 11.3 Å². The largest absolute Gasteiger partial charge is 0.494 e. The zero-order chi connectivity index (χ0) is 22.0. The van der Waals surface area contributed by atoms with Crippen LogP contribution >= 0.6 is 11.3 Å². The second kappa shape index (κ2) is 8.86. The maximum Gasteiger partial charge on any atom is 0.233 e. The highest BCUT2D eigenvalue weighted by atomic mass is 32.1. The van der Waals surface area contributed by atoms with E-state index in [9.17, 15) is 4.79 Å². The lowest BCUT2D eigenvalue weighted by atomic mass is 10.0. The van der Waals surface area contributed by atoms with E-state index in [1.165, 1.54) is 11.3 Å². The van der Waals surface area contributed by atoms with Gasteiger partial charge in [0.25, 0.3) is 0 Å². The maximum atomic E-state index is 13.5. The first-order valence-electron chi connectivity index (χ1n) is 10.2. The molecule has 0 fully saturated rings. The first-order chi connectivity index (χ1) is 15.0. The first-order valence-corrected chi connectivity index (χ1v) is 11.0. The Morgan fingerprint density at radius 1 is 1.10 bits per heavy atom. The van der Waals surface area contributed by atoms with Crippen LogP contribution in [0, 0.1) is 20.8 Å². The summed E-state index contributed by atoms with van der Waals surface area (Å²) in [5, 5.41) is 0.668. The molecular formula is C25H25N3O2S. The predicted molar refractivity (Wildman–Crippen MR) is 126 cm³/mol. The molecule has 0 aliphatic heterocycles. The van der Waals surface area contributed by atoms with E-state index in [1.807, 2.05) is 45.0 Å². The molecule has 2 heterocycles. The van der Waals surface area contributed by atoms with E-state index in [0.29, 0.717) is 23.8 Å². The van der Waals surface area contributed by atoms with Crippen molar-refractivity contribution in [3.63, 3.8) is 0 Å². The van der Waals surface area contributed by atoms with E-state index in [4.69, 9.17) is 9.72 Å². The average molecular weight is 432 g/mol. The van der Waals surface area contributed by atoms with E-state index < -0.39 is 0 Å². The maximum absolute atomic E-state index is 13.5. The molecule has 0 aliphatic carbocycles. The molecule has 158 valence electrons. The van der Waals surface area contributed by atoms with Crippen LogP contribution in [0.4, 0.5) is 5.13 Å². The number of carbonyl (C=O) groups is 1. The fraction of sp³-hybridized carbons (Fsp3) is 0.240. The van der Waals surface area contributed by atoms with Crippen LogP contribution in [-0.2, 0) is 17.8 Å². The van der Waals surface area contributed by atoms with Gasteiger partial charge < -0.3 is 4.74 Å². The summed E-state index contributed by atoms with van der Waals surface area (Å²) in [5.74, 6) is 0.722. The number of methoxy groups -OCH3 is 1. The zero-order valence-electron chi connectivity index (χ0n) is 18.2. The summed E-state index contributed by atoms with van der Waals surface area (Å²) in [6, 6.07) is 14.0. The summed E-state index contributed by atoms with van der Waals surface area (Å²) in [7, 11) is 1.64. The van der Waals surface area contributed by atoms with Gasteiger partial charge >= 0.3 is 0 Å². The van der Waals surface area contributed by atoms with E-state index in [-0.39, 0.29) is 5.91 Å². The lowest BCUT2D eigenvalue weighted by Gasteiger charge is -2.20. The number of pyridine rings is 1. The van der Waals surface area contributed by atoms with Gasteiger partial charge in [-0.3, -0.25) is 14.7 Å². The van der Waals surface area contributed by atoms with Gasteiger partial charge in [0.05, 0.1) is 24.8 Å². The Kier molecular flexibility index (Phi) is 6.00. The molecule has 0 radical (unpaired) electrons. The highest BCUT2D eigenvalue weighted by molar-refractivity contribution is 7.22. The van der Waals surface area contributed by atoms with Crippen molar-refractivity contribution in [2.75, 3.05) is 12.0 Å². The minimum atomic E-state index is 0.00762. The summed E-state index contributed by atoms with van der Waals surface area (Å²) in [6.07, 6.45) is 3.84. The molecule has 0 atom stereocenters. The van der Waals surface area contributed by atoms with Crippen LogP contribution in [0.5, 0.6) is 5.75 Å². The SMILES string of the molecule is COc1ccc(C)c2sc(N(Cc3cccnc3)C(=O)Cc3cc(C)ccc3C)nc12. The third-order valence-electron chi connectivity index (χ3n) is 5.35. The summed E-state index contributed by atoms with van der Waals surface area (Å²) < 4.78 is 6.54. The number of ether oxygens (including phenoxy) is 1. The second-order valence-electron chi connectivity index (χ2n) is 7.71. The van der Waals surface area contributed by atoms with Crippen molar-refractivity contribution in [3.8, 4) is 5.75 Å². The van der Waals surface area contributed by atoms with Crippen LogP contribution in [0.3, 0.4) is 0 Å². The number of carbonyl (C=O) groups excluding carboxylic acids is 1. The number of benzene rings is 2. The van der Waals surface area contributed by atoms with Crippen molar-refractivity contribution in [1.82, 2.24) is 9.97 Å². The third-order valence-corrected chi connectivity index (χ3v) is 6.57. The molecule has 4 aromatic rings. The number of hydrogen-bond donors (Lipinski definition) is 0. The van der Waals surface area contributed by atoms with Crippen LogP contribution in [0.2, 0.25) is 0 Å². The third kappa shape index (κ3) is 4.44. The van der Waals surface area contributed by atoms with E-state index in [2.05, 4.69) is 23.2 Å². The molecule has 6 heteroatoms. The molecule has 0 saturated heterocycles. The molecule has 0 N–H and O–H groups in total. The van der Waals surface area contributed by atoms with E-state index >= 15 is 0 Å². The Bertz CT molecular complexity index is 1230. The van der Waals surface area contributed by atoms with Crippen LogP contribution in [-0.4, -0.2) is 23.0 Å². The monoisotopic (exact) mass is 431 g/mol. The molecule has 2 aromatic heterocycles. The van der Waals surface area contributed by atoms with E-state index in [1.54, 1.807) is 24.4 Å². The molecule has 5 nitrogen and oxygen atoms in total. The van der Waals surface area contributed by atoms with Crippen LogP contribution in [0.25, 0.3) is 10.2 Å². The molecule has 0 aliphatic rings. The fourth-order valence-corrected chi connectivity index (χ4v) is 4.63. The summed E-state index contributed by atoms with van der Waals surface area (Å²) in [5.41, 5.74) is 6.16. The molecule has 0 saturated carbocycles. The Hall–Kier alpha value is -3.25. The van der Waals surface area contributed by atoms with Crippen molar-refractivity contribution < 1.29 is 9.53 Å². The molecule has 1 amide bonds. The molecule has 4 rings (SSSR count). The molecule has 0 spiro atoms. The van der Waals surface area contributed by atoms with Crippen molar-refractivity contribution in [3.05, 3.63) is 82.7 Å².